The molecule has 0 saturated carbocycles. The average Bonchev–Trinajstić information content (AvgIpc) is 2.18. The summed E-state index contributed by atoms with van der Waals surface area (Å²) in [6.45, 7) is 11.8. The van der Waals surface area contributed by atoms with Crippen LogP contribution in [0.15, 0.2) is 0 Å². The summed E-state index contributed by atoms with van der Waals surface area (Å²) in [6, 6.07) is 0.644. The van der Waals surface area contributed by atoms with Crippen LogP contribution in [0.4, 0.5) is 0 Å². The highest BCUT2D eigenvalue weighted by Gasteiger charge is 2.17. The van der Waals surface area contributed by atoms with Gasteiger partial charge in [-0.3, -0.25) is 0 Å². The van der Waals surface area contributed by atoms with Crippen molar-refractivity contribution in [3.63, 3.8) is 0 Å². The van der Waals surface area contributed by atoms with E-state index in [1.807, 2.05) is 0 Å². The van der Waals surface area contributed by atoms with Gasteiger partial charge in [0.2, 0.25) is 0 Å². The van der Waals surface area contributed by atoms with E-state index in [-0.39, 0.29) is 0 Å². The minimum Gasteiger partial charge on any atom is -0.315 e. The Bertz CT molecular complexity index is 137. The molecule has 84 valence electrons. The lowest BCUT2D eigenvalue weighted by molar-refractivity contribution is 0.186. The van der Waals surface area contributed by atoms with Gasteiger partial charge in [0.15, 0.2) is 0 Å². The summed E-state index contributed by atoms with van der Waals surface area (Å²) < 4.78 is 0. The molecule has 14 heavy (non-hydrogen) atoms. The zero-order chi connectivity index (χ0) is 10.4. The molecular weight excluding hydrogens is 172 g/mol. The molecule has 0 radical (unpaired) electrons. The van der Waals surface area contributed by atoms with Gasteiger partial charge in [0.05, 0.1) is 0 Å². The van der Waals surface area contributed by atoms with Crippen LogP contribution in [0, 0.1) is 5.92 Å². The quantitative estimate of drug-likeness (QED) is 0.728. The summed E-state index contributed by atoms with van der Waals surface area (Å²) in [7, 11) is 0. The first kappa shape index (κ1) is 12.0. The average molecular weight is 198 g/mol. The predicted octanol–water partition coefficient (Wildman–Crippen LogP) is 2.11. The standard InChI is InChI=1S/C12H26N2/c1-4-14-9-6-12(7-10-14)5-8-13-11(2)3/h11-13H,4-10H2,1-3H3. The molecule has 2 heteroatoms. The Hall–Kier alpha value is -0.0800. The van der Waals surface area contributed by atoms with Gasteiger partial charge in [-0.15, -0.1) is 0 Å². The zero-order valence-electron chi connectivity index (χ0n) is 10.1. The van der Waals surface area contributed by atoms with Crippen molar-refractivity contribution in [2.45, 2.75) is 46.1 Å². The second-order valence-corrected chi connectivity index (χ2v) is 4.78. The summed E-state index contributed by atoms with van der Waals surface area (Å²) in [5.74, 6) is 0.976. The van der Waals surface area contributed by atoms with Crippen LogP contribution in [0.2, 0.25) is 0 Å². The maximum absolute atomic E-state index is 3.50. The van der Waals surface area contributed by atoms with E-state index in [2.05, 4.69) is 31.0 Å². The molecule has 1 aliphatic rings. The van der Waals surface area contributed by atoms with Gasteiger partial charge in [0.1, 0.15) is 0 Å². The van der Waals surface area contributed by atoms with Crippen LogP contribution in [0.3, 0.4) is 0 Å². The van der Waals surface area contributed by atoms with Crippen LogP contribution in [0.5, 0.6) is 0 Å². The monoisotopic (exact) mass is 198 g/mol. The van der Waals surface area contributed by atoms with E-state index in [4.69, 9.17) is 0 Å². The summed E-state index contributed by atoms with van der Waals surface area (Å²) in [6.07, 6.45) is 4.19. The maximum Gasteiger partial charge on any atom is 0.00103 e. The molecule has 0 aromatic rings. The van der Waals surface area contributed by atoms with Crippen molar-refractivity contribution in [1.29, 1.82) is 0 Å². The summed E-state index contributed by atoms with van der Waals surface area (Å²) in [4.78, 5) is 2.56. The van der Waals surface area contributed by atoms with Crippen molar-refractivity contribution in [2.75, 3.05) is 26.2 Å². The van der Waals surface area contributed by atoms with E-state index in [0.717, 1.165) is 5.92 Å². The highest BCUT2D eigenvalue weighted by molar-refractivity contribution is 4.72. The second kappa shape index (κ2) is 6.41. The fraction of sp³-hybridized carbons (Fsp3) is 1.00. The van der Waals surface area contributed by atoms with Crippen LogP contribution >= 0.6 is 0 Å². The van der Waals surface area contributed by atoms with E-state index in [9.17, 15) is 0 Å². The Labute approximate surface area is 89.1 Å². The predicted molar refractivity (Wildman–Crippen MR) is 62.6 cm³/mol. The molecule has 0 aromatic carbocycles. The zero-order valence-corrected chi connectivity index (χ0v) is 10.1. The first-order chi connectivity index (χ1) is 6.72. The lowest BCUT2D eigenvalue weighted by Gasteiger charge is -2.31. The lowest BCUT2D eigenvalue weighted by atomic mass is 9.93. The Morgan fingerprint density at radius 3 is 2.43 bits per heavy atom. The number of hydrogen-bond acceptors (Lipinski definition) is 2. The Kier molecular flexibility index (Phi) is 5.49. The molecule has 0 aromatic heterocycles. The molecule has 1 N–H and O–H groups in total. The number of hydrogen-bond donors (Lipinski definition) is 1. The molecule has 0 aliphatic carbocycles. The van der Waals surface area contributed by atoms with E-state index >= 15 is 0 Å². The van der Waals surface area contributed by atoms with Crippen molar-refractivity contribution in [2.24, 2.45) is 5.92 Å². The Balaban J connectivity index is 2.04. The van der Waals surface area contributed by atoms with Crippen LogP contribution in [0.25, 0.3) is 0 Å². The van der Waals surface area contributed by atoms with E-state index in [1.165, 1.54) is 45.4 Å². The summed E-state index contributed by atoms with van der Waals surface area (Å²) in [5.41, 5.74) is 0. The molecular formula is C12H26N2. The second-order valence-electron chi connectivity index (χ2n) is 4.78. The fourth-order valence-corrected chi connectivity index (χ4v) is 2.17. The van der Waals surface area contributed by atoms with Crippen molar-refractivity contribution in [3.05, 3.63) is 0 Å². The van der Waals surface area contributed by atoms with Gasteiger partial charge in [-0.2, -0.15) is 0 Å². The number of nitrogens with one attached hydrogen (secondary N) is 1. The third kappa shape index (κ3) is 4.43. The maximum atomic E-state index is 3.50. The smallest absolute Gasteiger partial charge is 0.00103 e. The number of piperidine rings is 1. The minimum atomic E-state index is 0.644. The largest absolute Gasteiger partial charge is 0.315 e. The van der Waals surface area contributed by atoms with E-state index in [1.54, 1.807) is 0 Å². The fourth-order valence-electron chi connectivity index (χ4n) is 2.17. The Morgan fingerprint density at radius 1 is 1.29 bits per heavy atom. The summed E-state index contributed by atoms with van der Waals surface area (Å²) in [5, 5.41) is 3.50. The number of likely N-dealkylation sites (tertiary alicyclic amines) is 1. The highest BCUT2D eigenvalue weighted by Crippen LogP contribution is 2.19. The van der Waals surface area contributed by atoms with Gasteiger partial charge < -0.3 is 10.2 Å². The topological polar surface area (TPSA) is 15.3 Å². The van der Waals surface area contributed by atoms with Gasteiger partial charge in [-0.05, 0) is 51.4 Å². The van der Waals surface area contributed by atoms with Gasteiger partial charge in [0, 0.05) is 6.04 Å². The van der Waals surface area contributed by atoms with Gasteiger partial charge in [0.25, 0.3) is 0 Å². The minimum absolute atomic E-state index is 0.644. The molecule has 0 unspecified atom stereocenters. The van der Waals surface area contributed by atoms with Crippen LogP contribution in [-0.2, 0) is 0 Å². The molecule has 0 bridgehead atoms. The van der Waals surface area contributed by atoms with Crippen LogP contribution in [-0.4, -0.2) is 37.1 Å². The lowest BCUT2D eigenvalue weighted by Crippen LogP contribution is -2.35. The third-order valence-electron chi connectivity index (χ3n) is 3.26. The van der Waals surface area contributed by atoms with Crippen LogP contribution in [0.1, 0.15) is 40.0 Å². The highest BCUT2D eigenvalue weighted by atomic mass is 15.1. The van der Waals surface area contributed by atoms with Crippen LogP contribution < -0.4 is 5.32 Å². The van der Waals surface area contributed by atoms with Crippen molar-refractivity contribution in [3.8, 4) is 0 Å². The van der Waals surface area contributed by atoms with E-state index < -0.39 is 0 Å². The van der Waals surface area contributed by atoms with Gasteiger partial charge >= 0.3 is 0 Å². The number of nitrogens with zero attached hydrogens (tertiary/aromatic N) is 1. The molecule has 0 amide bonds. The SMILES string of the molecule is CCN1CCC(CCNC(C)C)CC1. The Morgan fingerprint density at radius 2 is 1.93 bits per heavy atom. The molecule has 1 fully saturated rings. The number of rotatable bonds is 5. The van der Waals surface area contributed by atoms with Gasteiger partial charge in [-0.25, -0.2) is 0 Å². The van der Waals surface area contributed by atoms with E-state index in [0.29, 0.717) is 6.04 Å². The molecule has 0 atom stereocenters. The molecule has 1 aliphatic heterocycles. The molecule has 1 heterocycles. The summed E-state index contributed by atoms with van der Waals surface area (Å²) >= 11 is 0. The molecule has 1 saturated heterocycles. The molecule has 1 rings (SSSR count). The first-order valence-corrected chi connectivity index (χ1v) is 6.18. The third-order valence-corrected chi connectivity index (χ3v) is 3.26. The van der Waals surface area contributed by atoms with Crippen molar-refractivity contribution in [1.82, 2.24) is 10.2 Å². The normalized spacial score (nSPS) is 20.6. The molecule has 0 spiro atoms. The van der Waals surface area contributed by atoms with Crippen molar-refractivity contribution >= 4 is 0 Å². The molecule has 2 nitrogen and oxygen atoms in total. The van der Waals surface area contributed by atoms with Gasteiger partial charge in [-0.1, -0.05) is 20.8 Å². The first-order valence-electron chi connectivity index (χ1n) is 6.18. The van der Waals surface area contributed by atoms with Crippen molar-refractivity contribution < 1.29 is 0 Å².